The van der Waals surface area contributed by atoms with E-state index < -0.39 is 4.92 Å². The van der Waals surface area contributed by atoms with E-state index in [2.05, 4.69) is 10.2 Å². The van der Waals surface area contributed by atoms with Gasteiger partial charge in [-0.15, -0.1) is 0 Å². The quantitative estimate of drug-likeness (QED) is 0.570. The highest BCUT2D eigenvalue weighted by atomic mass is 32.1. The standard InChI is InChI=1S/C14H12N4O2S/c1-8-2-4-9(5-3-8)12-13(16-17-14(12)15)10-6-7-11(21-10)18(19)20/h2-7H,1H3,(H3,15,16,17). The number of nitro groups is 1. The number of nitrogen functional groups attached to an aromatic ring is 1. The van der Waals surface area contributed by atoms with E-state index in [4.69, 9.17) is 5.73 Å². The molecular weight excluding hydrogens is 288 g/mol. The third-order valence-corrected chi connectivity index (χ3v) is 4.21. The molecule has 1 aromatic carbocycles. The second-order valence-corrected chi connectivity index (χ2v) is 5.68. The molecule has 3 N–H and O–H groups in total. The molecule has 0 aliphatic rings. The van der Waals surface area contributed by atoms with E-state index in [1.807, 2.05) is 31.2 Å². The fourth-order valence-electron chi connectivity index (χ4n) is 2.11. The first-order valence-corrected chi connectivity index (χ1v) is 7.03. The van der Waals surface area contributed by atoms with E-state index in [0.717, 1.165) is 32.9 Å². The lowest BCUT2D eigenvalue weighted by molar-refractivity contribution is -0.380. The summed E-state index contributed by atoms with van der Waals surface area (Å²) in [6, 6.07) is 11.1. The Kier molecular flexibility index (Phi) is 3.19. The van der Waals surface area contributed by atoms with Crippen molar-refractivity contribution < 1.29 is 4.92 Å². The van der Waals surface area contributed by atoms with Gasteiger partial charge in [0.05, 0.1) is 21.1 Å². The highest BCUT2D eigenvalue weighted by Crippen LogP contribution is 2.39. The van der Waals surface area contributed by atoms with Crippen LogP contribution in [0.3, 0.4) is 0 Å². The van der Waals surface area contributed by atoms with Crippen LogP contribution in [0.15, 0.2) is 36.4 Å². The minimum atomic E-state index is -0.403. The third-order valence-electron chi connectivity index (χ3n) is 3.15. The molecule has 0 amide bonds. The average Bonchev–Trinajstić information content (AvgIpc) is 3.06. The van der Waals surface area contributed by atoms with Gasteiger partial charge in [0.2, 0.25) is 0 Å². The van der Waals surface area contributed by atoms with Gasteiger partial charge in [0.15, 0.2) is 5.82 Å². The number of H-pyrrole nitrogens is 1. The van der Waals surface area contributed by atoms with Crippen LogP contribution in [0.2, 0.25) is 0 Å². The number of aromatic nitrogens is 2. The first-order chi connectivity index (χ1) is 10.1. The van der Waals surface area contributed by atoms with Crippen LogP contribution in [0.1, 0.15) is 5.56 Å². The SMILES string of the molecule is Cc1ccc(-c2c(N)n[nH]c2-c2ccc([N+](=O)[O-])s2)cc1. The monoisotopic (exact) mass is 300 g/mol. The number of hydrogen-bond acceptors (Lipinski definition) is 5. The molecule has 0 spiro atoms. The number of hydrogen-bond donors (Lipinski definition) is 2. The van der Waals surface area contributed by atoms with Gasteiger partial charge in [-0.3, -0.25) is 15.2 Å². The Labute approximate surface area is 124 Å². The topological polar surface area (TPSA) is 97.8 Å². The molecule has 7 heteroatoms. The van der Waals surface area contributed by atoms with E-state index in [1.54, 1.807) is 6.07 Å². The Bertz CT molecular complexity index is 805. The summed E-state index contributed by atoms with van der Waals surface area (Å²) < 4.78 is 0. The molecule has 0 radical (unpaired) electrons. The summed E-state index contributed by atoms with van der Waals surface area (Å²) in [5, 5.41) is 17.8. The normalized spacial score (nSPS) is 10.7. The summed E-state index contributed by atoms with van der Waals surface area (Å²) in [5.74, 6) is 0.380. The molecule has 2 aromatic heterocycles. The van der Waals surface area contributed by atoms with Crippen LogP contribution in [0.25, 0.3) is 21.7 Å². The molecule has 0 unspecified atom stereocenters. The van der Waals surface area contributed by atoms with E-state index >= 15 is 0 Å². The highest BCUT2D eigenvalue weighted by Gasteiger charge is 2.18. The fourth-order valence-corrected chi connectivity index (χ4v) is 2.93. The first kappa shape index (κ1) is 13.3. The van der Waals surface area contributed by atoms with Gasteiger partial charge in [0, 0.05) is 6.07 Å². The van der Waals surface area contributed by atoms with Crippen molar-refractivity contribution in [3.8, 4) is 21.7 Å². The van der Waals surface area contributed by atoms with Crippen LogP contribution >= 0.6 is 11.3 Å². The predicted molar refractivity (Wildman–Crippen MR) is 83.1 cm³/mol. The number of rotatable bonds is 3. The maximum atomic E-state index is 10.8. The largest absolute Gasteiger partial charge is 0.382 e. The van der Waals surface area contributed by atoms with Gasteiger partial charge in [-0.05, 0) is 18.6 Å². The van der Waals surface area contributed by atoms with Gasteiger partial charge in [-0.2, -0.15) is 5.10 Å². The number of nitrogens with zero attached hydrogens (tertiary/aromatic N) is 2. The Morgan fingerprint density at radius 1 is 1.24 bits per heavy atom. The lowest BCUT2D eigenvalue weighted by Gasteiger charge is -2.03. The van der Waals surface area contributed by atoms with Crippen LogP contribution in [-0.2, 0) is 0 Å². The lowest BCUT2D eigenvalue weighted by atomic mass is 10.0. The number of aromatic amines is 1. The Morgan fingerprint density at radius 2 is 1.95 bits per heavy atom. The zero-order valence-corrected chi connectivity index (χ0v) is 12.0. The number of anilines is 1. The predicted octanol–water partition coefficient (Wildman–Crippen LogP) is 3.60. The lowest BCUT2D eigenvalue weighted by Crippen LogP contribution is -1.88. The molecular formula is C14H12N4O2S. The Hall–Kier alpha value is -2.67. The summed E-state index contributed by atoms with van der Waals surface area (Å²) in [7, 11) is 0. The molecule has 0 aliphatic heterocycles. The van der Waals surface area contributed by atoms with E-state index in [1.165, 1.54) is 6.07 Å². The maximum Gasteiger partial charge on any atom is 0.324 e. The van der Waals surface area contributed by atoms with Crippen LogP contribution < -0.4 is 5.73 Å². The third kappa shape index (κ3) is 2.38. The van der Waals surface area contributed by atoms with E-state index in [-0.39, 0.29) is 5.00 Å². The van der Waals surface area contributed by atoms with Crippen molar-refractivity contribution in [2.45, 2.75) is 6.92 Å². The van der Waals surface area contributed by atoms with Crippen molar-refractivity contribution in [2.75, 3.05) is 5.73 Å². The minimum absolute atomic E-state index is 0.0908. The summed E-state index contributed by atoms with van der Waals surface area (Å²) in [5.41, 5.74) is 9.49. The van der Waals surface area contributed by atoms with Crippen LogP contribution in [0, 0.1) is 17.0 Å². The molecule has 0 saturated heterocycles. The van der Waals surface area contributed by atoms with Gasteiger partial charge in [-0.1, -0.05) is 41.2 Å². The molecule has 0 atom stereocenters. The van der Waals surface area contributed by atoms with E-state index in [9.17, 15) is 10.1 Å². The summed E-state index contributed by atoms with van der Waals surface area (Å²) in [6.45, 7) is 2.01. The summed E-state index contributed by atoms with van der Waals surface area (Å²) in [6.07, 6.45) is 0. The second kappa shape index (κ2) is 5.02. The molecule has 2 heterocycles. The molecule has 3 rings (SSSR count). The highest BCUT2D eigenvalue weighted by molar-refractivity contribution is 7.18. The van der Waals surface area contributed by atoms with Gasteiger partial charge < -0.3 is 5.73 Å². The van der Waals surface area contributed by atoms with Gasteiger partial charge >= 0.3 is 5.00 Å². The zero-order valence-electron chi connectivity index (χ0n) is 11.2. The van der Waals surface area contributed by atoms with Crippen LogP contribution in [0.5, 0.6) is 0 Å². The Morgan fingerprint density at radius 3 is 2.57 bits per heavy atom. The van der Waals surface area contributed by atoms with E-state index in [0.29, 0.717) is 11.5 Å². The molecule has 21 heavy (non-hydrogen) atoms. The van der Waals surface area contributed by atoms with Crippen molar-refractivity contribution in [1.82, 2.24) is 10.2 Å². The summed E-state index contributed by atoms with van der Waals surface area (Å²) in [4.78, 5) is 11.1. The van der Waals surface area contributed by atoms with Crippen molar-refractivity contribution in [1.29, 1.82) is 0 Å². The second-order valence-electron chi connectivity index (χ2n) is 4.62. The number of nitrogens with one attached hydrogen (secondary N) is 1. The Balaban J connectivity index is 2.11. The van der Waals surface area contributed by atoms with Crippen LogP contribution in [-0.4, -0.2) is 15.1 Å². The first-order valence-electron chi connectivity index (χ1n) is 6.21. The fraction of sp³-hybridized carbons (Fsp3) is 0.0714. The molecule has 106 valence electrons. The van der Waals surface area contributed by atoms with Crippen molar-refractivity contribution in [2.24, 2.45) is 0 Å². The van der Waals surface area contributed by atoms with Gasteiger partial charge in [0.1, 0.15) is 0 Å². The number of benzene rings is 1. The minimum Gasteiger partial charge on any atom is -0.382 e. The summed E-state index contributed by atoms with van der Waals surface area (Å²) >= 11 is 1.09. The van der Waals surface area contributed by atoms with Gasteiger partial charge in [0.25, 0.3) is 0 Å². The van der Waals surface area contributed by atoms with Crippen molar-refractivity contribution in [3.63, 3.8) is 0 Å². The zero-order chi connectivity index (χ0) is 15.0. The van der Waals surface area contributed by atoms with Gasteiger partial charge in [-0.25, -0.2) is 0 Å². The maximum absolute atomic E-state index is 10.8. The van der Waals surface area contributed by atoms with Crippen molar-refractivity contribution >= 4 is 22.2 Å². The molecule has 0 bridgehead atoms. The number of thiophene rings is 1. The number of aryl methyl sites for hydroxylation is 1. The van der Waals surface area contributed by atoms with Crippen LogP contribution in [0.4, 0.5) is 10.8 Å². The smallest absolute Gasteiger partial charge is 0.324 e. The van der Waals surface area contributed by atoms with Crippen molar-refractivity contribution in [3.05, 3.63) is 52.1 Å². The molecule has 6 nitrogen and oxygen atoms in total. The molecule has 0 saturated carbocycles. The molecule has 3 aromatic rings. The number of nitrogens with two attached hydrogens (primary N) is 1. The molecule has 0 fully saturated rings. The molecule has 0 aliphatic carbocycles. The average molecular weight is 300 g/mol.